The molecule has 1 aliphatic rings. The van der Waals surface area contributed by atoms with Crippen molar-refractivity contribution >= 4 is 11.9 Å². The van der Waals surface area contributed by atoms with E-state index in [1.54, 1.807) is 22.0 Å². The van der Waals surface area contributed by atoms with Gasteiger partial charge in [0.2, 0.25) is 5.91 Å². The van der Waals surface area contributed by atoms with Gasteiger partial charge in [-0.1, -0.05) is 0 Å². The zero-order valence-electron chi connectivity index (χ0n) is 13.0. The summed E-state index contributed by atoms with van der Waals surface area (Å²) in [4.78, 5) is 30.1. The van der Waals surface area contributed by atoms with Crippen LogP contribution in [-0.4, -0.2) is 37.0 Å². The Hall–Kier alpha value is -1.85. The van der Waals surface area contributed by atoms with E-state index in [2.05, 4.69) is 4.98 Å². The van der Waals surface area contributed by atoms with Crippen LogP contribution in [0.3, 0.4) is 0 Å². The molecule has 1 aromatic heterocycles. The van der Waals surface area contributed by atoms with Crippen LogP contribution in [0, 0.1) is 5.92 Å². The summed E-state index contributed by atoms with van der Waals surface area (Å²) >= 11 is 0. The summed E-state index contributed by atoms with van der Waals surface area (Å²) in [7, 11) is 1.83. The number of carboxylic acids is 1. The molecule has 2 rings (SSSR count). The molecule has 2 heterocycles. The Morgan fingerprint density at radius 2 is 2.10 bits per heavy atom. The molecule has 1 amide bonds. The minimum atomic E-state index is -0.856. The molecule has 21 heavy (non-hydrogen) atoms. The van der Waals surface area contributed by atoms with Crippen LogP contribution in [0.25, 0.3) is 0 Å². The lowest BCUT2D eigenvalue weighted by atomic mass is 9.89. The highest BCUT2D eigenvalue weighted by Gasteiger charge is 2.44. The molecule has 1 aromatic rings. The third kappa shape index (κ3) is 2.94. The van der Waals surface area contributed by atoms with Gasteiger partial charge in [-0.3, -0.25) is 9.59 Å². The molecule has 1 aliphatic heterocycles. The highest BCUT2D eigenvalue weighted by atomic mass is 16.4. The number of imidazole rings is 1. The smallest absolute Gasteiger partial charge is 0.309 e. The molecule has 116 valence electrons. The molecular formula is C15H23N3O3. The second kappa shape index (κ2) is 5.50. The quantitative estimate of drug-likeness (QED) is 0.904. The van der Waals surface area contributed by atoms with Crippen LogP contribution in [-0.2, 0) is 16.6 Å². The Balaban J connectivity index is 2.58. The number of hydrogen-bond donors (Lipinski definition) is 1. The van der Waals surface area contributed by atoms with Crippen LogP contribution in [0.5, 0.6) is 0 Å². The Morgan fingerprint density at radius 1 is 1.43 bits per heavy atom. The van der Waals surface area contributed by atoms with Gasteiger partial charge < -0.3 is 14.6 Å². The van der Waals surface area contributed by atoms with Crippen LogP contribution in [0.2, 0.25) is 0 Å². The molecule has 2 atom stereocenters. The van der Waals surface area contributed by atoms with E-state index in [0.717, 1.165) is 5.69 Å². The number of aromatic nitrogens is 2. The number of rotatable bonds is 2. The van der Waals surface area contributed by atoms with Gasteiger partial charge in [0, 0.05) is 19.0 Å². The fourth-order valence-corrected chi connectivity index (χ4v) is 3.13. The monoisotopic (exact) mass is 293 g/mol. The third-order valence-corrected chi connectivity index (χ3v) is 4.03. The molecule has 1 fully saturated rings. The molecule has 1 N–H and O–H groups in total. The van der Waals surface area contributed by atoms with E-state index in [-0.39, 0.29) is 5.91 Å². The topological polar surface area (TPSA) is 75.4 Å². The van der Waals surface area contributed by atoms with Gasteiger partial charge in [0.25, 0.3) is 0 Å². The first kappa shape index (κ1) is 15.5. The van der Waals surface area contributed by atoms with Crippen LogP contribution in [0.15, 0.2) is 12.5 Å². The van der Waals surface area contributed by atoms with E-state index in [9.17, 15) is 14.7 Å². The first-order valence-corrected chi connectivity index (χ1v) is 7.24. The lowest BCUT2D eigenvalue weighted by molar-refractivity contribution is -0.149. The number of likely N-dealkylation sites (tertiary alicyclic amines) is 1. The maximum atomic E-state index is 12.5. The molecule has 0 saturated carbocycles. The fourth-order valence-electron chi connectivity index (χ4n) is 3.13. The van der Waals surface area contributed by atoms with Gasteiger partial charge in [-0.2, -0.15) is 0 Å². The van der Waals surface area contributed by atoms with Crippen molar-refractivity contribution in [2.75, 3.05) is 0 Å². The Morgan fingerprint density at radius 3 is 2.57 bits per heavy atom. The van der Waals surface area contributed by atoms with Crippen molar-refractivity contribution in [3.05, 3.63) is 18.2 Å². The number of carbonyl (C=O) groups excluding carboxylic acids is 1. The number of hydrogen-bond acceptors (Lipinski definition) is 3. The summed E-state index contributed by atoms with van der Waals surface area (Å²) in [5.74, 6) is -1.45. The van der Waals surface area contributed by atoms with E-state index in [1.165, 1.54) is 0 Å². The molecule has 0 bridgehead atoms. The number of amides is 1. The minimum absolute atomic E-state index is 0.0115. The van der Waals surface area contributed by atoms with Crippen LogP contribution >= 0.6 is 0 Å². The summed E-state index contributed by atoms with van der Waals surface area (Å²) in [6, 6.07) is -0.481. The lowest BCUT2D eigenvalue weighted by Crippen LogP contribution is -2.50. The minimum Gasteiger partial charge on any atom is -0.481 e. The zero-order chi connectivity index (χ0) is 15.8. The first-order valence-electron chi connectivity index (χ1n) is 7.24. The molecule has 6 heteroatoms. The van der Waals surface area contributed by atoms with E-state index < -0.39 is 23.5 Å². The van der Waals surface area contributed by atoms with Gasteiger partial charge in [0.1, 0.15) is 0 Å². The lowest BCUT2D eigenvalue weighted by Gasteiger charge is -2.42. The molecular weight excluding hydrogens is 270 g/mol. The largest absolute Gasteiger partial charge is 0.481 e. The molecule has 1 saturated heterocycles. The SMILES string of the molecule is Cn1cncc1C1C(C(=O)O)CCCC(=O)N1C(C)(C)C. The van der Waals surface area contributed by atoms with Crippen molar-refractivity contribution in [2.24, 2.45) is 13.0 Å². The summed E-state index contributed by atoms with van der Waals surface area (Å²) in [6.45, 7) is 5.83. The Labute approximate surface area is 124 Å². The van der Waals surface area contributed by atoms with Gasteiger partial charge in [-0.25, -0.2) is 4.98 Å². The number of aryl methyl sites for hydroxylation is 1. The van der Waals surface area contributed by atoms with E-state index in [4.69, 9.17) is 0 Å². The van der Waals surface area contributed by atoms with Crippen molar-refractivity contribution in [3.63, 3.8) is 0 Å². The maximum Gasteiger partial charge on any atom is 0.309 e. The Kier molecular flexibility index (Phi) is 4.07. The molecule has 2 unspecified atom stereocenters. The van der Waals surface area contributed by atoms with Crippen molar-refractivity contribution in [2.45, 2.75) is 51.6 Å². The summed E-state index contributed by atoms with van der Waals surface area (Å²) in [5.41, 5.74) is 0.330. The van der Waals surface area contributed by atoms with Gasteiger partial charge in [-0.15, -0.1) is 0 Å². The average Bonchev–Trinajstić information content (AvgIpc) is 2.67. The first-order chi connectivity index (χ1) is 9.73. The van der Waals surface area contributed by atoms with Crippen molar-refractivity contribution < 1.29 is 14.7 Å². The van der Waals surface area contributed by atoms with E-state index >= 15 is 0 Å². The average molecular weight is 293 g/mol. The third-order valence-electron chi connectivity index (χ3n) is 4.03. The molecule has 0 radical (unpaired) electrons. The molecule has 6 nitrogen and oxygen atoms in total. The fraction of sp³-hybridized carbons (Fsp3) is 0.667. The van der Waals surface area contributed by atoms with Crippen molar-refractivity contribution in [3.8, 4) is 0 Å². The summed E-state index contributed by atoms with van der Waals surface area (Å²) in [6.07, 6.45) is 4.82. The normalized spacial score (nSPS) is 24.0. The highest BCUT2D eigenvalue weighted by molar-refractivity contribution is 5.80. The van der Waals surface area contributed by atoms with Gasteiger partial charge in [-0.05, 0) is 33.6 Å². The zero-order valence-corrected chi connectivity index (χ0v) is 13.0. The molecule has 0 aliphatic carbocycles. The number of aliphatic carboxylic acids is 1. The predicted molar refractivity (Wildman–Crippen MR) is 77.5 cm³/mol. The van der Waals surface area contributed by atoms with Crippen molar-refractivity contribution in [1.29, 1.82) is 0 Å². The highest BCUT2D eigenvalue weighted by Crippen LogP contribution is 2.39. The van der Waals surface area contributed by atoms with E-state index in [0.29, 0.717) is 19.3 Å². The summed E-state index contributed by atoms with van der Waals surface area (Å²) in [5, 5.41) is 9.63. The van der Waals surface area contributed by atoms with Gasteiger partial charge in [0.15, 0.2) is 0 Å². The Bertz CT molecular complexity index is 545. The van der Waals surface area contributed by atoms with Gasteiger partial charge >= 0.3 is 5.97 Å². The predicted octanol–water partition coefficient (Wildman–Crippen LogP) is 1.97. The number of carboxylic acid groups (broad SMARTS) is 1. The molecule has 0 spiro atoms. The second-order valence-electron chi connectivity index (χ2n) is 6.65. The maximum absolute atomic E-state index is 12.5. The summed E-state index contributed by atoms with van der Waals surface area (Å²) < 4.78 is 1.80. The van der Waals surface area contributed by atoms with Gasteiger partial charge in [0.05, 0.1) is 30.2 Å². The van der Waals surface area contributed by atoms with Crippen LogP contribution < -0.4 is 0 Å². The van der Waals surface area contributed by atoms with Crippen LogP contribution in [0.4, 0.5) is 0 Å². The standard InChI is InChI=1S/C15H23N3O3/c1-15(2,3)18-12(19)7-5-6-10(14(20)21)13(18)11-8-16-9-17(11)4/h8-10,13H,5-7H2,1-4H3,(H,20,21). The van der Waals surface area contributed by atoms with Crippen molar-refractivity contribution in [1.82, 2.24) is 14.5 Å². The second-order valence-corrected chi connectivity index (χ2v) is 6.65. The number of carbonyl (C=O) groups is 2. The number of nitrogens with zero attached hydrogens (tertiary/aromatic N) is 3. The van der Waals surface area contributed by atoms with Crippen LogP contribution in [0.1, 0.15) is 51.8 Å². The van der Waals surface area contributed by atoms with E-state index in [1.807, 2.05) is 27.8 Å². The molecule has 0 aromatic carbocycles.